The van der Waals surface area contributed by atoms with Crippen molar-refractivity contribution in [2.45, 2.75) is 44.8 Å². The van der Waals surface area contributed by atoms with Gasteiger partial charge in [-0.05, 0) is 32.1 Å². The van der Waals surface area contributed by atoms with E-state index in [2.05, 4.69) is 4.98 Å². The number of fused-ring (bicyclic) bond motifs is 1. The van der Waals surface area contributed by atoms with Crippen molar-refractivity contribution in [1.82, 2.24) is 9.55 Å². The van der Waals surface area contributed by atoms with E-state index in [1.807, 2.05) is 33.1 Å². The zero-order valence-corrected chi connectivity index (χ0v) is 16.7. The molecule has 2 rings (SSSR count). The van der Waals surface area contributed by atoms with Crippen LogP contribution in [0.5, 0.6) is 0 Å². The summed E-state index contributed by atoms with van der Waals surface area (Å²) in [6, 6.07) is 1.20. The molecule has 138 valence electrons. The lowest BCUT2D eigenvalue weighted by atomic mass is 10.2. The number of rotatable bonds is 9. The number of nitrogens with zero attached hydrogens (tertiary/aromatic N) is 2. The predicted molar refractivity (Wildman–Crippen MR) is 102 cm³/mol. The maximum Gasteiger partial charge on any atom is 0.329 e. The summed E-state index contributed by atoms with van der Waals surface area (Å²) in [5, 5.41) is 1.11. The highest BCUT2D eigenvalue weighted by Gasteiger charge is 2.26. The molecule has 0 aliphatic carbocycles. The van der Waals surface area contributed by atoms with E-state index in [-0.39, 0.29) is 12.2 Å². The minimum absolute atomic E-state index is 0.181. The van der Waals surface area contributed by atoms with Crippen LogP contribution in [0.25, 0.3) is 10.2 Å². The fourth-order valence-electron chi connectivity index (χ4n) is 2.51. The molecule has 8 heteroatoms. The number of thioether (sulfide) groups is 1. The molecule has 2 aromatic rings. The Kier molecular flexibility index (Phi) is 7.46. The second-order valence-electron chi connectivity index (χ2n) is 5.35. The molecule has 0 radical (unpaired) electrons. The minimum atomic E-state index is -0.682. The lowest BCUT2D eigenvalue weighted by Crippen LogP contribution is -2.33. The largest absolute Gasteiger partial charge is 0.462 e. The van der Waals surface area contributed by atoms with Gasteiger partial charge in [0.2, 0.25) is 0 Å². The molecule has 25 heavy (non-hydrogen) atoms. The quantitative estimate of drug-likeness (QED) is 0.286. The van der Waals surface area contributed by atoms with Gasteiger partial charge < -0.3 is 9.47 Å². The van der Waals surface area contributed by atoms with Crippen molar-refractivity contribution in [3.63, 3.8) is 0 Å². The van der Waals surface area contributed by atoms with E-state index in [0.717, 1.165) is 16.1 Å². The summed E-state index contributed by atoms with van der Waals surface area (Å²) in [6.07, 6.45) is 3.16. The molecule has 0 aliphatic rings. The van der Waals surface area contributed by atoms with Crippen LogP contribution >= 0.6 is 23.1 Å². The fourth-order valence-corrected chi connectivity index (χ4v) is 4.12. The van der Waals surface area contributed by atoms with E-state index in [4.69, 9.17) is 9.47 Å². The monoisotopic (exact) mass is 384 g/mol. The number of aryl methyl sites for hydroxylation is 1. The maximum absolute atomic E-state index is 13.0. The Morgan fingerprint density at radius 1 is 1.36 bits per heavy atom. The van der Waals surface area contributed by atoms with Gasteiger partial charge in [0.25, 0.3) is 5.56 Å². The molecule has 0 aliphatic heterocycles. The van der Waals surface area contributed by atoms with Crippen LogP contribution in [0.1, 0.15) is 38.1 Å². The highest BCUT2D eigenvalue weighted by atomic mass is 32.2. The molecule has 2 aromatic heterocycles. The van der Waals surface area contributed by atoms with Crippen LogP contribution in [-0.2, 0) is 20.7 Å². The van der Waals surface area contributed by atoms with E-state index < -0.39 is 12.0 Å². The second-order valence-corrected chi connectivity index (χ2v) is 7.24. The smallest absolute Gasteiger partial charge is 0.329 e. The Labute approximate surface area is 155 Å². The number of hydrogen-bond acceptors (Lipinski definition) is 7. The molecular weight excluding hydrogens is 360 g/mol. The van der Waals surface area contributed by atoms with Crippen LogP contribution in [0.15, 0.2) is 16.0 Å². The lowest BCUT2D eigenvalue weighted by molar-refractivity contribution is -0.149. The lowest BCUT2D eigenvalue weighted by Gasteiger charge is -2.19. The number of aromatic nitrogens is 2. The highest BCUT2D eigenvalue weighted by Crippen LogP contribution is 2.27. The molecule has 0 aromatic carbocycles. The van der Waals surface area contributed by atoms with E-state index in [9.17, 15) is 9.59 Å². The van der Waals surface area contributed by atoms with E-state index in [0.29, 0.717) is 30.2 Å². The highest BCUT2D eigenvalue weighted by molar-refractivity contribution is 7.98. The molecule has 0 spiro atoms. The third-order valence-corrected chi connectivity index (χ3v) is 5.62. The average Bonchev–Trinajstić information content (AvgIpc) is 3.04. The normalized spacial score (nSPS) is 12.5. The Morgan fingerprint density at radius 2 is 2.12 bits per heavy atom. The van der Waals surface area contributed by atoms with Gasteiger partial charge in [0.15, 0.2) is 5.16 Å². The van der Waals surface area contributed by atoms with Crippen molar-refractivity contribution >= 4 is 39.3 Å². The summed E-state index contributed by atoms with van der Waals surface area (Å²) in [6.45, 7) is 6.89. The number of thiophene rings is 1. The molecule has 0 amide bonds. The van der Waals surface area contributed by atoms with Crippen molar-refractivity contribution in [1.29, 1.82) is 0 Å². The zero-order valence-electron chi connectivity index (χ0n) is 15.0. The van der Waals surface area contributed by atoms with Crippen LogP contribution in [0.2, 0.25) is 0 Å². The summed E-state index contributed by atoms with van der Waals surface area (Å²) in [5.74, 6) is -0.424. The van der Waals surface area contributed by atoms with Crippen LogP contribution in [0.3, 0.4) is 0 Å². The first-order valence-electron chi connectivity index (χ1n) is 8.40. The topological polar surface area (TPSA) is 70.4 Å². The van der Waals surface area contributed by atoms with Gasteiger partial charge in [0.1, 0.15) is 17.5 Å². The average molecular weight is 385 g/mol. The molecule has 0 fully saturated rings. The Morgan fingerprint density at radius 3 is 2.72 bits per heavy atom. The van der Waals surface area contributed by atoms with Crippen LogP contribution < -0.4 is 5.56 Å². The number of ether oxygens (including phenoxy) is 2. The van der Waals surface area contributed by atoms with Gasteiger partial charge in [-0.2, -0.15) is 0 Å². The number of carbonyl (C=O) groups excluding carboxylic acids is 1. The SMILES string of the molecule is CCOCCOC(=O)C(CC)n1c(SC)nc2sc(CC)cc2c1=O. The number of hydrogen-bond donors (Lipinski definition) is 0. The van der Waals surface area contributed by atoms with Crippen LogP contribution in [-0.4, -0.2) is 41.6 Å². The fraction of sp³-hybridized carbons (Fsp3) is 0.588. The summed E-state index contributed by atoms with van der Waals surface area (Å²) < 4.78 is 11.9. The first kappa shape index (κ1) is 19.9. The first-order chi connectivity index (χ1) is 12.1. The number of esters is 1. The summed E-state index contributed by atoms with van der Waals surface area (Å²) >= 11 is 2.89. The predicted octanol–water partition coefficient (Wildman–Crippen LogP) is 3.27. The van der Waals surface area contributed by atoms with Crippen molar-refractivity contribution in [2.75, 3.05) is 26.1 Å². The third kappa shape index (κ3) is 4.43. The van der Waals surface area contributed by atoms with Crippen molar-refractivity contribution < 1.29 is 14.3 Å². The van der Waals surface area contributed by atoms with Gasteiger partial charge in [0, 0.05) is 11.5 Å². The minimum Gasteiger partial charge on any atom is -0.462 e. The molecule has 1 atom stereocenters. The van der Waals surface area contributed by atoms with Crippen LogP contribution in [0.4, 0.5) is 0 Å². The summed E-state index contributed by atoms with van der Waals surface area (Å²) in [4.78, 5) is 31.9. The van der Waals surface area contributed by atoms with Gasteiger partial charge in [-0.1, -0.05) is 25.6 Å². The molecule has 0 saturated heterocycles. The van der Waals surface area contributed by atoms with Gasteiger partial charge in [-0.15, -0.1) is 11.3 Å². The molecular formula is C17H24N2O4S2. The first-order valence-corrected chi connectivity index (χ1v) is 10.4. The molecule has 0 bridgehead atoms. The van der Waals surface area contributed by atoms with Gasteiger partial charge in [-0.3, -0.25) is 9.36 Å². The Bertz CT molecular complexity index is 785. The van der Waals surface area contributed by atoms with E-state index in [1.54, 1.807) is 0 Å². The third-order valence-electron chi connectivity index (χ3n) is 3.79. The Balaban J connectivity index is 2.40. The van der Waals surface area contributed by atoms with Crippen molar-refractivity contribution in [3.05, 3.63) is 21.3 Å². The molecule has 0 N–H and O–H groups in total. The summed E-state index contributed by atoms with van der Waals surface area (Å²) in [5.41, 5.74) is -0.182. The van der Waals surface area contributed by atoms with E-state index >= 15 is 0 Å². The molecule has 1 unspecified atom stereocenters. The second kappa shape index (κ2) is 9.35. The molecule has 6 nitrogen and oxygen atoms in total. The van der Waals surface area contributed by atoms with Gasteiger partial charge >= 0.3 is 5.97 Å². The van der Waals surface area contributed by atoms with E-state index in [1.165, 1.54) is 27.7 Å². The standard InChI is InChI=1S/C17H24N2O4S2/c1-5-11-10-12-14(25-11)18-17(24-4)19(15(12)20)13(6-2)16(21)23-9-8-22-7-3/h10,13H,5-9H2,1-4H3. The molecule has 0 saturated carbocycles. The number of carbonyl (C=O) groups is 1. The van der Waals surface area contributed by atoms with Gasteiger partial charge in [-0.25, -0.2) is 9.78 Å². The maximum atomic E-state index is 13.0. The van der Waals surface area contributed by atoms with Gasteiger partial charge in [0.05, 0.1) is 12.0 Å². The summed E-state index contributed by atoms with van der Waals surface area (Å²) in [7, 11) is 0. The molecule has 2 heterocycles. The van der Waals surface area contributed by atoms with Crippen molar-refractivity contribution in [2.24, 2.45) is 0 Å². The van der Waals surface area contributed by atoms with Crippen molar-refractivity contribution in [3.8, 4) is 0 Å². The van der Waals surface area contributed by atoms with Crippen LogP contribution in [0, 0.1) is 0 Å². The zero-order chi connectivity index (χ0) is 18.4. The Hall–Kier alpha value is -1.38.